The second-order valence-electron chi connectivity index (χ2n) is 33.3. The fraction of sp³-hybridized carbons (Fsp3) is 0.175. The first-order valence-electron chi connectivity index (χ1n) is 37.0. The molecule has 0 aliphatic rings. The minimum Gasteiger partial charge on any atom is -0.307 e. The van der Waals surface area contributed by atoms with E-state index in [1.165, 1.54) is 43.8 Å². The number of aromatic nitrogens is 8. The molecule has 512 valence electrons. The van der Waals surface area contributed by atoms with Gasteiger partial charge in [-0.2, -0.15) is 0 Å². The molecule has 0 radical (unpaired) electrons. The van der Waals surface area contributed by atoms with Crippen molar-refractivity contribution in [3.8, 4) is 67.3 Å². The minimum absolute atomic E-state index is 0.123. The van der Waals surface area contributed by atoms with Crippen molar-refractivity contribution in [3.63, 3.8) is 0 Å². The predicted molar refractivity (Wildman–Crippen MR) is 443 cm³/mol. The molecule has 0 aliphatic heterocycles. The fourth-order valence-corrected chi connectivity index (χ4v) is 16.7. The Morgan fingerprint density at radius 3 is 0.781 bits per heavy atom. The van der Waals surface area contributed by atoms with Crippen molar-refractivity contribution in [2.45, 2.75) is 112 Å². The van der Waals surface area contributed by atoms with Gasteiger partial charge in [-0.1, -0.05) is 253 Å². The van der Waals surface area contributed by atoms with E-state index in [9.17, 15) is 0 Å². The summed E-state index contributed by atoms with van der Waals surface area (Å²) in [7, 11) is 0. The Hall–Kier alpha value is -12.0. The number of rotatable bonds is 8. The smallest absolute Gasteiger partial charge is 0.220 e. The molecule has 6 aromatic heterocycles. The third-order valence-electron chi connectivity index (χ3n) is 22.4. The van der Waals surface area contributed by atoms with E-state index in [-0.39, 0.29) is 21.7 Å². The molecular formula is C97H84N8. The zero-order chi connectivity index (χ0) is 71.9. The summed E-state index contributed by atoms with van der Waals surface area (Å²) in [4.78, 5) is 11.8. The number of hydrogen-bond acceptors (Lipinski definition) is 2. The molecule has 13 aromatic carbocycles. The number of nitrogens with zero attached hydrogens (tertiary/aromatic N) is 8. The molecule has 0 N–H and O–H groups in total. The van der Waals surface area contributed by atoms with E-state index in [4.69, 9.17) is 9.97 Å². The standard InChI is InChI=1S/C97H84N8/c1-59-90(104-82-44-36-66(62-30-22-16-23-31-62)52-86(82)102-84-50-64(60-26-18-14-19-27-60)34-42-76(84)98-92(102)104)88(100-78-46-38-68(94(2,3)4)54-72(78)73-55-69(95(5,6)7)39-47-79(73)100)58-89(101-80-48-40-70(96(8,9)10)56-74(80)75-57-71(97(11,12)13)41-49-81(75)101)91(59)105-83-45-37-67(63-32-24-17-25-33-63)53-87(83)103-85-51-65(61-28-20-15-21-29-61)35-43-77(85)99-93(103)105/h14-58H,1-13H3. The molecular weight excluding hydrogens is 1280 g/mol. The Bertz CT molecular complexity index is 6230. The topological polar surface area (TPSA) is 54.3 Å². The van der Waals surface area contributed by atoms with E-state index in [1.54, 1.807) is 0 Å². The number of hydrogen-bond donors (Lipinski definition) is 0. The lowest BCUT2D eigenvalue weighted by atomic mass is 9.85. The van der Waals surface area contributed by atoms with E-state index in [0.29, 0.717) is 0 Å². The molecule has 0 aliphatic carbocycles. The summed E-state index contributed by atoms with van der Waals surface area (Å²) in [6.45, 7) is 30.4. The summed E-state index contributed by atoms with van der Waals surface area (Å²) in [6.07, 6.45) is 0. The van der Waals surface area contributed by atoms with Crippen LogP contribution in [-0.4, -0.2) is 37.0 Å². The Labute approximate surface area is 612 Å². The second kappa shape index (κ2) is 23.0. The van der Waals surface area contributed by atoms with Crippen molar-refractivity contribution in [2.75, 3.05) is 0 Å². The summed E-state index contributed by atoms with van der Waals surface area (Å²) in [5.41, 5.74) is 31.2. The lowest BCUT2D eigenvalue weighted by molar-refractivity contribution is 0.590. The molecule has 0 unspecified atom stereocenters. The van der Waals surface area contributed by atoms with Crippen LogP contribution in [-0.2, 0) is 21.7 Å². The van der Waals surface area contributed by atoms with Gasteiger partial charge in [0.15, 0.2) is 0 Å². The second-order valence-corrected chi connectivity index (χ2v) is 33.3. The van der Waals surface area contributed by atoms with Crippen LogP contribution in [0.15, 0.2) is 273 Å². The van der Waals surface area contributed by atoms with Gasteiger partial charge in [0.2, 0.25) is 11.6 Å². The monoisotopic (exact) mass is 1360 g/mol. The van der Waals surface area contributed by atoms with Crippen LogP contribution in [0.2, 0.25) is 0 Å². The normalized spacial score (nSPS) is 12.8. The minimum atomic E-state index is -0.123. The summed E-state index contributed by atoms with van der Waals surface area (Å²) in [5.74, 6) is 1.61. The summed E-state index contributed by atoms with van der Waals surface area (Å²) < 4.78 is 15.1. The van der Waals surface area contributed by atoms with Crippen LogP contribution in [0.3, 0.4) is 0 Å². The molecule has 105 heavy (non-hydrogen) atoms. The van der Waals surface area contributed by atoms with Crippen LogP contribution in [0.5, 0.6) is 0 Å². The van der Waals surface area contributed by atoms with Crippen LogP contribution in [0.4, 0.5) is 0 Å². The van der Waals surface area contributed by atoms with Gasteiger partial charge in [-0.05, 0) is 198 Å². The number of benzene rings is 13. The van der Waals surface area contributed by atoms with Gasteiger partial charge < -0.3 is 9.13 Å². The van der Waals surface area contributed by atoms with Crippen LogP contribution in [0, 0.1) is 6.92 Å². The van der Waals surface area contributed by atoms with Gasteiger partial charge in [0.25, 0.3) is 0 Å². The molecule has 0 atom stereocenters. The highest BCUT2D eigenvalue weighted by molar-refractivity contribution is 6.13. The van der Waals surface area contributed by atoms with E-state index < -0.39 is 0 Å². The van der Waals surface area contributed by atoms with Gasteiger partial charge in [0.1, 0.15) is 0 Å². The maximum Gasteiger partial charge on any atom is 0.220 e. The molecule has 19 aromatic rings. The van der Waals surface area contributed by atoms with Crippen LogP contribution >= 0.6 is 0 Å². The maximum atomic E-state index is 5.92. The zero-order valence-corrected chi connectivity index (χ0v) is 62.1. The molecule has 0 bridgehead atoms. The van der Waals surface area contributed by atoms with Gasteiger partial charge in [0.05, 0.1) is 88.9 Å². The molecule has 19 rings (SSSR count). The van der Waals surface area contributed by atoms with E-state index in [0.717, 1.165) is 151 Å². The Balaban J connectivity index is 1.05. The first kappa shape index (κ1) is 63.9. The van der Waals surface area contributed by atoms with Crippen LogP contribution in [0.1, 0.15) is 111 Å². The van der Waals surface area contributed by atoms with E-state index in [1.807, 2.05) is 0 Å². The molecule has 8 heteroatoms. The van der Waals surface area contributed by atoms with Gasteiger partial charge in [-0.3, -0.25) is 17.9 Å². The maximum absolute atomic E-state index is 5.92. The Kier molecular flexibility index (Phi) is 14.0. The average molecular weight is 1360 g/mol. The van der Waals surface area contributed by atoms with Crippen LogP contribution in [0.25, 0.3) is 167 Å². The number of imidazole rings is 4. The molecule has 6 heterocycles. The van der Waals surface area contributed by atoms with Gasteiger partial charge in [-0.15, -0.1) is 0 Å². The molecule has 0 saturated heterocycles. The SMILES string of the molecule is Cc1c(-n2c3ccc(-c4ccccc4)cc3n3c4cc(-c5ccccc5)ccc4nc23)c(-n2c3ccc(C(C)(C)C)cc3c3cc(C(C)(C)C)ccc32)cc(-n2c3ccc(C(C)(C)C)cc3c3cc(C(C)(C)C)ccc32)c1-n1c2ccc(-c3ccccc3)cc2n2c3cc(-c4ccccc4)ccc3nc12. The third kappa shape index (κ3) is 10.1. The lowest BCUT2D eigenvalue weighted by Crippen LogP contribution is -2.14. The van der Waals surface area contributed by atoms with E-state index in [2.05, 4.69) is 390 Å². The first-order chi connectivity index (χ1) is 50.5. The fourth-order valence-electron chi connectivity index (χ4n) is 16.7. The number of fused-ring (bicyclic) bond motifs is 16. The highest BCUT2D eigenvalue weighted by atomic mass is 15.3. The van der Waals surface area contributed by atoms with Crippen molar-refractivity contribution >= 4 is 99.3 Å². The Morgan fingerprint density at radius 1 is 0.229 bits per heavy atom. The molecule has 0 fully saturated rings. The quantitative estimate of drug-likeness (QED) is 0.152. The molecule has 0 amide bonds. The van der Waals surface area contributed by atoms with Crippen LogP contribution < -0.4 is 0 Å². The first-order valence-corrected chi connectivity index (χ1v) is 37.0. The van der Waals surface area contributed by atoms with Crippen molar-refractivity contribution in [2.24, 2.45) is 0 Å². The van der Waals surface area contributed by atoms with Gasteiger partial charge >= 0.3 is 0 Å². The highest BCUT2D eigenvalue weighted by Crippen LogP contribution is 2.49. The zero-order valence-electron chi connectivity index (χ0n) is 62.1. The summed E-state index contributed by atoms with van der Waals surface area (Å²) in [5, 5.41) is 4.83. The van der Waals surface area contributed by atoms with E-state index >= 15 is 0 Å². The van der Waals surface area contributed by atoms with Gasteiger partial charge in [0, 0.05) is 27.1 Å². The predicted octanol–water partition coefficient (Wildman–Crippen LogP) is 25.5. The van der Waals surface area contributed by atoms with Crippen molar-refractivity contribution in [1.29, 1.82) is 0 Å². The largest absolute Gasteiger partial charge is 0.307 e. The van der Waals surface area contributed by atoms with Gasteiger partial charge in [-0.25, -0.2) is 9.97 Å². The highest BCUT2D eigenvalue weighted by Gasteiger charge is 2.33. The van der Waals surface area contributed by atoms with Crippen molar-refractivity contribution in [3.05, 3.63) is 301 Å². The average Bonchev–Trinajstić information content (AvgIpc) is 1.54. The molecule has 8 nitrogen and oxygen atoms in total. The Morgan fingerprint density at radius 2 is 0.495 bits per heavy atom. The molecule has 0 spiro atoms. The lowest BCUT2D eigenvalue weighted by Gasteiger charge is -2.26. The molecule has 0 saturated carbocycles. The summed E-state index contributed by atoms with van der Waals surface area (Å²) in [6, 6.07) is 102. The summed E-state index contributed by atoms with van der Waals surface area (Å²) >= 11 is 0. The van der Waals surface area contributed by atoms with Crippen molar-refractivity contribution in [1.82, 2.24) is 37.0 Å². The van der Waals surface area contributed by atoms with Crippen molar-refractivity contribution < 1.29 is 0 Å². The third-order valence-corrected chi connectivity index (χ3v) is 22.4.